The van der Waals surface area contributed by atoms with Gasteiger partial charge in [-0.25, -0.2) is 4.39 Å². The molecule has 1 heterocycles. The second-order valence-corrected chi connectivity index (χ2v) is 4.93. The third-order valence-electron chi connectivity index (χ3n) is 2.52. The van der Waals surface area contributed by atoms with E-state index in [2.05, 4.69) is 16.8 Å². The molecule has 0 atom stereocenters. The van der Waals surface area contributed by atoms with E-state index in [1.807, 2.05) is 12.1 Å². The first kappa shape index (κ1) is 13.2. The molecule has 0 unspecified atom stereocenters. The topological polar surface area (TPSA) is 21.3 Å². The Bertz CT molecular complexity index is 459. The minimum Gasteiger partial charge on any atom is -0.375 e. The zero-order valence-electron chi connectivity index (χ0n) is 10.1. The summed E-state index contributed by atoms with van der Waals surface area (Å²) in [5.41, 5.74) is 0.607. The van der Waals surface area contributed by atoms with E-state index in [-0.39, 0.29) is 5.82 Å². The Balaban J connectivity index is 1.58. The molecule has 2 nitrogen and oxygen atoms in total. The van der Waals surface area contributed by atoms with Crippen LogP contribution in [0.15, 0.2) is 41.8 Å². The predicted molar refractivity (Wildman–Crippen MR) is 72.1 cm³/mol. The largest absolute Gasteiger partial charge is 0.375 e. The molecule has 4 heteroatoms. The maximum Gasteiger partial charge on any atom is 0.128 e. The Hall–Kier alpha value is -1.23. The van der Waals surface area contributed by atoms with E-state index < -0.39 is 0 Å². The van der Waals surface area contributed by atoms with Gasteiger partial charge in [0, 0.05) is 23.5 Å². The fraction of sp³-hybridized carbons (Fsp3) is 0.286. The third kappa shape index (κ3) is 4.22. The number of ether oxygens (including phenoxy) is 1. The van der Waals surface area contributed by atoms with Crippen LogP contribution in [0, 0.1) is 5.82 Å². The van der Waals surface area contributed by atoms with Crippen molar-refractivity contribution in [2.45, 2.75) is 13.2 Å². The van der Waals surface area contributed by atoms with Gasteiger partial charge in [-0.05, 0) is 17.5 Å². The molecule has 0 bridgehead atoms. The van der Waals surface area contributed by atoms with Gasteiger partial charge >= 0.3 is 0 Å². The molecule has 18 heavy (non-hydrogen) atoms. The summed E-state index contributed by atoms with van der Waals surface area (Å²) < 4.78 is 18.7. The van der Waals surface area contributed by atoms with Crippen molar-refractivity contribution in [3.05, 3.63) is 58.0 Å². The fourth-order valence-corrected chi connectivity index (χ4v) is 2.24. The number of benzene rings is 1. The molecule has 0 amide bonds. The van der Waals surface area contributed by atoms with Crippen molar-refractivity contribution in [3.8, 4) is 0 Å². The summed E-state index contributed by atoms with van der Waals surface area (Å²) in [4.78, 5) is 1.31. The molecule has 0 saturated heterocycles. The average molecular weight is 265 g/mol. The Labute approximate surface area is 110 Å². The monoisotopic (exact) mass is 265 g/mol. The van der Waals surface area contributed by atoms with E-state index in [1.54, 1.807) is 23.5 Å². The maximum absolute atomic E-state index is 13.3. The van der Waals surface area contributed by atoms with Gasteiger partial charge in [-0.2, -0.15) is 0 Å². The summed E-state index contributed by atoms with van der Waals surface area (Å²) in [6.45, 7) is 2.54. The molecular weight excluding hydrogens is 249 g/mol. The van der Waals surface area contributed by atoms with Crippen molar-refractivity contribution in [1.82, 2.24) is 5.32 Å². The van der Waals surface area contributed by atoms with Crippen LogP contribution in [0.3, 0.4) is 0 Å². The predicted octanol–water partition coefficient (Wildman–Crippen LogP) is 3.19. The summed E-state index contributed by atoms with van der Waals surface area (Å²) >= 11 is 1.73. The summed E-state index contributed by atoms with van der Waals surface area (Å²) in [6.07, 6.45) is 0. The van der Waals surface area contributed by atoms with E-state index in [0.717, 1.165) is 13.1 Å². The number of hydrogen-bond acceptors (Lipinski definition) is 3. The lowest BCUT2D eigenvalue weighted by molar-refractivity contribution is 0.120. The van der Waals surface area contributed by atoms with Crippen LogP contribution in [0.1, 0.15) is 10.4 Å². The van der Waals surface area contributed by atoms with Crippen LogP contribution in [-0.4, -0.2) is 13.2 Å². The van der Waals surface area contributed by atoms with Crippen molar-refractivity contribution < 1.29 is 9.13 Å². The highest BCUT2D eigenvalue weighted by atomic mass is 32.1. The third-order valence-corrected chi connectivity index (χ3v) is 3.39. The minimum absolute atomic E-state index is 0.205. The molecule has 1 aromatic heterocycles. The van der Waals surface area contributed by atoms with E-state index in [4.69, 9.17) is 4.74 Å². The first-order valence-electron chi connectivity index (χ1n) is 5.90. The first-order chi connectivity index (χ1) is 8.86. The smallest absolute Gasteiger partial charge is 0.128 e. The van der Waals surface area contributed by atoms with Crippen LogP contribution in [0.5, 0.6) is 0 Å². The normalized spacial score (nSPS) is 10.7. The second kappa shape index (κ2) is 7.26. The number of halogens is 1. The zero-order chi connectivity index (χ0) is 12.6. The summed E-state index contributed by atoms with van der Waals surface area (Å²) in [5.74, 6) is -0.205. The zero-order valence-corrected chi connectivity index (χ0v) is 10.9. The number of hydrogen-bond donors (Lipinski definition) is 1. The van der Waals surface area contributed by atoms with Gasteiger partial charge in [0.1, 0.15) is 5.82 Å². The highest BCUT2D eigenvalue weighted by molar-refractivity contribution is 7.09. The molecule has 0 fully saturated rings. The lowest BCUT2D eigenvalue weighted by Crippen LogP contribution is -2.18. The highest BCUT2D eigenvalue weighted by Crippen LogP contribution is 2.08. The van der Waals surface area contributed by atoms with Crippen LogP contribution in [0.4, 0.5) is 4.39 Å². The average Bonchev–Trinajstić information content (AvgIpc) is 2.89. The van der Waals surface area contributed by atoms with Gasteiger partial charge in [0.05, 0.1) is 13.2 Å². The molecule has 0 aliphatic carbocycles. The van der Waals surface area contributed by atoms with Gasteiger partial charge < -0.3 is 10.1 Å². The second-order valence-electron chi connectivity index (χ2n) is 3.90. The SMILES string of the molecule is Fc1ccccc1COCCNCc1cccs1. The van der Waals surface area contributed by atoms with E-state index >= 15 is 0 Å². The van der Waals surface area contributed by atoms with Crippen molar-refractivity contribution in [2.24, 2.45) is 0 Å². The first-order valence-corrected chi connectivity index (χ1v) is 6.78. The van der Waals surface area contributed by atoms with Gasteiger partial charge in [0.15, 0.2) is 0 Å². The van der Waals surface area contributed by atoms with Gasteiger partial charge in [-0.1, -0.05) is 24.3 Å². The molecule has 0 saturated carbocycles. The van der Waals surface area contributed by atoms with E-state index in [9.17, 15) is 4.39 Å². The van der Waals surface area contributed by atoms with Gasteiger partial charge in [-0.3, -0.25) is 0 Å². The fourth-order valence-electron chi connectivity index (χ4n) is 1.57. The van der Waals surface area contributed by atoms with Crippen molar-refractivity contribution >= 4 is 11.3 Å². The Morgan fingerprint density at radius 3 is 2.83 bits per heavy atom. The van der Waals surface area contributed by atoms with Crippen molar-refractivity contribution in [1.29, 1.82) is 0 Å². The van der Waals surface area contributed by atoms with Crippen LogP contribution in [-0.2, 0) is 17.9 Å². The summed E-state index contributed by atoms with van der Waals surface area (Å²) in [7, 11) is 0. The molecule has 0 aliphatic heterocycles. The molecule has 0 aliphatic rings. The van der Waals surface area contributed by atoms with E-state index in [0.29, 0.717) is 18.8 Å². The highest BCUT2D eigenvalue weighted by Gasteiger charge is 1.99. The number of rotatable bonds is 7. The molecule has 2 aromatic rings. The lowest BCUT2D eigenvalue weighted by Gasteiger charge is -2.06. The molecule has 96 valence electrons. The number of thiophene rings is 1. The van der Waals surface area contributed by atoms with Crippen LogP contribution >= 0.6 is 11.3 Å². The van der Waals surface area contributed by atoms with Crippen molar-refractivity contribution in [2.75, 3.05) is 13.2 Å². The quantitative estimate of drug-likeness (QED) is 0.776. The molecule has 0 radical (unpaired) electrons. The lowest BCUT2D eigenvalue weighted by atomic mass is 10.2. The molecule has 2 rings (SSSR count). The van der Waals surface area contributed by atoms with Gasteiger partial charge in [0.25, 0.3) is 0 Å². The number of nitrogens with one attached hydrogen (secondary N) is 1. The molecule has 0 spiro atoms. The van der Waals surface area contributed by atoms with Gasteiger partial charge in [-0.15, -0.1) is 11.3 Å². The minimum atomic E-state index is -0.205. The Kier molecular flexibility index (Phi) is 5.33. The van der Waals surface area contributed by atoms with E-state index in [1.165, 1.54) is 10.9 Å². The summed E-state index contributed by atoms with van der Waals surface area (Å²) in [6, 6.07) is 10.8. The van der Waals surface area contributed by atoms with Crippen LogP contribution in [0.25, 0.3) is 0 Å². The van der Waals surface area contributed by atoms with Crippen LogP contribution in [0.2, 0.25) is 0 Å². The molecular formula is C14H16FNOS. The van der Waals surface area contributed by atoms with Gasteiger partial charge in [0.2, 0.25) is 0 Å². The Morgan fingerprint density at radius 2 is 2.06 bits per heavy atom. The summed E-state index contributed by atoms with van der Waals surface area (Å²) in [5, 5.41) is 5.34. The molecule has 1 aromatic carbocycles. The standard InChI is InChI=1S/C14H16FNOS/c15-14-6-2-1-4-12(14)11-17-8-7-16-10-13-5-3-9-18-13/h1-6,9,16H,7-8,10-11H2. The molecule has 1 N–H and O–H groups in total. The van der Waals surface area contributed by atoms with Crippen LogP contribution < -0.4 is 5.32 Å². The maximum atomic E-state index is 13.3. The Morgan fingerprint density at radius 1 is 1.17 bits per heavy atom. The van der Waals surface area contributed by atoms with Crippen molar-refractivity contribution in [3.63, 3.8) is 0 Å².